The van der Waals surface area contributed by atoms with E-state index in [2.05, 4.69) is 0 Å². The highest BCUT2D eigenvalue weighted by molar-refractivity contribution is 6.46. The first kappa shape index (κ1) is 9.39. The molecule has 0 radical (unpaired) electrons. The monoisotopic (exact) mass is 88.1 g/mol. The van der Waals surface area contributed by atoms with Gasteiger partial charge in [0.05, 0.1) is 0 Å². The standard InChI is InChI=1S/C2H7BO.C2H6/c1-3(2)4;1-2/h4H,1-2H3;1-2H3. The highest BCUT2D eigenvalue weighted by Gasteiger charge is 1.80. The molecule has 0 rings (SSSR count). The molecule has 0 bridgehead atoms. The fraction of sp³-hybridized carbons (Fsp3) is 1.00. The Balaban J connectivity index is 0. The lowest BCUT2D eigenvalue weighted by Crippen LogP contribution is -1.93. The van der Waals surface area contributed by atoms with Crippen LogP contribution in [0.1, 0.15) is 13.8 Å². The predicted molar refractivity (Wildman–Crippen MR) is 31.0 cm³/mol. The SMILES string of the molecule is CB(C)O.CC. The summed E-state index contributed by atoms with van der Waals surface area (Å²) in [5.41, 5.74) is 0. The molecule has 0 spiro atoms. The van der Waals surface area contributed by atoms with Crippen molar-refractivity contribution in [3.8, 4) is 0 Å². The Hall–Kier alpha value is 0.0249. The molecule has 0 atom stereocenters. The van der Waals surface area contributed by atoms with Crippen molar-refractivity contribution in [3.05, 3.63) is 0 Å². The zero-order valence-electron chi connectivity index (χ0n) is 5.02. The summed E-state index contributed by atoms with van der Waals surface area (Å²) in [6, 6.07) is 0. The van der Waals surface area contributed by atoms with E-state index in [0.717, 1.165) is 0 Å². The molecule has 0 aromatic carbocycles. The molecule has 0 aliphatic rings. The molecule has 1 N–H and O–H groups in total. The highest BCUT2D eigenvalue weighted by Crippen LogP contribution is 1.60. The maximum Gasteiger partial charge on any atom is 0.282 e. The van der Waals surface area contributed by atoms with Gasteiger partial charge in [-0.05, 0) is 0 Å². The zero-order valence-corrected chi connectivity index (χ0v) is 5.02. The lowest BCUT2D eigenvalue weighted by Gasteiger charge is -1.71. The van der Waals surface area contributed by atoms with E-state index in [1.807, 2.05) is 13.8 Å². The van der Waals surface area contributed by atoms with Gasteiger partial charge in [-0.1, -0.05) is 27.5 Å². The third kappa shape index (κ3) is 59200. The smallest absolute Gasteiger partial charge is 0.282 e. The molecule has 0 saturated heterocycles. The van der Waals surface area contributed by atoms with Gasteiger partial charge >= 0.3 is 0 Å². The van der Waals surface area contributed by atoms with Gasteiger partial charge in [0.1, 0.15) is 0 Å². The van der Waals surface area contributed by atoms with Gasteiger partial charge in [0.2, 0.25) is 0 Å². The fourth-order valence-electron chi connectivity index (χ4n) is 0. The Bertz CT molecular complexity index is 12.3. The van der Waals surface area contributed by atoms with Crippen molar-refractivity contribution in [2.75, 3.05) is 0 Å². The topological polar surface area (TPSA) is 20.2 Å². The van der Waals surface area contributed by atoms with Crippen molar-refractivity contribution in [2.45, 2.75) is 27.5 Å². The van der Waals surface area contributed by atoms with E-state index in [1.165, 1.54) is 0 Å². The van der Waals surface area contributed by atoms with Crippen LogP contribution in [0.4, 0.5) is 0 Å². The number of hydrogen-bond acceptors (Lipinski definition) is 1. The third-order valence-corrected chi connectivity index (χ3v) is 0. The molecular weight excluding hydrogens is 74.9 g/mol. The van der Waals surface area contributed by atoms with E-state index in [9.17, 15) is 0 Å². The van der Waals surface area contributed by atoms with Crippen molar-refractivity contribution in [2.24, 2.45) is 0 Å². The quantitative estimate of drug-likeness (QED) is 0.442. The van der Waals surface area contributed by atoms with Crippen LogP contribution in [-0.4, -0.2) is 11.9 Å². The second-order valence-electron chi connectivity index (χ2n) is 1.09. The fourth-order valence-corrected chi connectivity index (χ4v) is 0. The Labute approximate surface area is 40.5 Å². The van der Waals surface area contributed by atoms with Crippen LogP contribution in [0.2, 0.25) is 13.6 Å². The Morgan fingerprint density at radius 3 is 1.17 bits per heavy atom. The molecule has 0 heterocycles. The van der Waals surface area contributed by atoms with Crippen molar-refractivity contribution in [1.29, 1.82) is 0 Å². The van der Waals surface area contributed by atoms with Crippen LogP contribution in [0.25, 0.3) is 0 Å². The summed E-state index contributed by atoms with van der Waals surface area (Å²) in [5.74, 6) is 0. The molecular formula is C4H13BO. The maximum atomic E-state index is 8.06. The van der Waals surface area contributed by atoms with E-state index in [-0.39, 0.29) is 6.92 Å². The molecule has 0 aliphatic carbocycles. The second-order valence-corrected chi connectivity index (χ2v) is 1.09. The van der Waals surface area contributed by atoms with Crippen LogP contribution in [0, 0.1) is 0 Å². The lowest BCUT2D eigenvalue weighted by molar-refractivity contribution is 0.587. The summed E-state index contributed by atoms with van der Waals surface area (Å²) in [6.45, 7) is 7.28. The van der Waals surface area contributed by atoms with Gasteiger partial charge in [-0.3, -0.25) is 0 Å². The minimum Gasteiger partial charge on any atom is -0.451 e. The molecule has 38 valence electrons. The van der Waals surface area contributed by atoms with E-state index in [1.54, 1.807) is 13.6 Å². The van der Waals surface area contributed by atoms with Crippen LogP contribution >= 0.6 is 0 Å². The summed E-state index contributed by atoms with van der Waals surface area (Å²) in [4.78, 5) is 0. The van der Waals surface area contributed by atoms with E-state index in [0.29, 0.717) is 0 Å². The van der Waals surface area contributed by atoms with Gasteiger partial charge in [-0.25, -0.2) is 0 Å². The molecule has 2 heteroatoms. The van der Waals surface area contributed by atoms with Crippen LogP contribution < -0.4 is 0 Å². The Morgan fingerprint density at radius 1 is 1.17 bits per heavy atom. The molecule has 0 aliphatic heterocycles. The summed E-state index contributed by atoms with van der Waals surface area (Å²) in [7, 11) is 0. The maximum absolute atomic E-state index is 8.06. The zero-order chi connectivity index (χ0) is 5.58. The Morgan fingerprint density at radius 2 is 1.17 bits per heavy atom. The average molecular weight is 88.0 g/mol. The van der Waals surface area contributed by atoms with Gasteiger partial charge in [-0.15, -0.1) is 0 Å². The van der Waals surface area contributed by atoms with E-state index >= 15 is 0 Å². The largest absolute Gasteiger partial charge is 0.451 e. The van der Waals surface area contributed by atoms with Crippen molar-refractivity contribution < 1.29 is 5.02 Å². The first-order chi connectivity index (χ1) is 2.73. The van der Waals surface area contributed by atoms with Crippen LogP contribution in [0.5, 0.6) is 0 Å². The molecule has 1 nitrogen and oxygen atoms in total. The predicted octanol–water partition coefficient (Wildman–Crippen LogP) is 1.26. The third-order valence-electron chi connectivity index (χ3n) is 0. The van der Waals surface area contributed by atoms with E-state index in [4.69, 9.17) is 5.02 Å². The minimum absolute atomic E-state index is 0.167. The van der Waals surface area contributed by atoms with E-state index < -0.39 is 0 Å². The van der Waals surface area contributed by atoms with Gasteiger partial charge in [0.25, 0.3) is 6.92 Å². The van der Waals surface area contributed by atoms with Gasteiger partial charge in [0, 0.05) is 0 Å². The van der Waals surface area contributed by atoms with Gasteiger partial charge in [-0.2, -0.15) is 0 Å². The summed E-state index contributed by atoms with van der Waals surface area (Å²) in [5, 5.41) is 8.06. The minimum atomic E-state index is -0.167. The lowest BCUT2D eigenvalue weighted by atomic mass is 9.76. The second kappa shape index (κ2) is 8.90. The van der Waals surface area contributed by atoms with Crippen LogP contribution in [0.15, 0.2) is 0 Å². The normalized spacial score (nSPS) is 5.50. The number of rotatable bonds is 0. The molecule has 0 fully saturated rings. The van der Waals surface area contributed by atoms with Gasteiger partial charge in [0.15, 0.2) is 0 Å². The first-order valence-corrected chi connectivity index (χ1v) is 2.41. The number of hydrogen-bond donors (Lipinski definition) is 1. The summed E-state index contributed by atoms with van der Waals surface area (Å²) >= 11 is 0. The average Bonchev–Trinajstić information content (AvgIpc) is 1.41. The summed E-state index contributed by atoms with van der Waals surface area (Å²) in [6.07, 6.45) is 0. The summed E-state index contributed by atoms with van der Waals surface area (Å²) < 4.78 is 0. The first-order valence-electron chi connectivity index (χ1n) is 2.41. The van der Waals surface area contributed by atoms with Crippen LogP contribution in [0.3, 0.4) is 0 Å². The van der Waals surface area contributed by atoms with Crippen molar-refractivity contribution in [1.82, 2.24) is 0 Å². The van der Waals surface area contributed by atoms with Gasteiger partial charge < -0.3 is 5.02 Å². The van der Waals surface area contributed by atoms with Crippen molar-refractivity contribution in [3.63, 3.8) is 0 Å². The molecule has 0 saturated carbocycles. The highest BCUT2D eigenvalue weighted by atomic mass is 16.2. The molecule has 0 unspecified atom stereocenters. The van der Waals surface area contributed by atoms with Crippen molar-refractivity contribution >= 4 is 6.92 Å². The van der Waals surface area contributed by atoms with Crippen LogP contribution in [-0.2, 0) is 0 Å². The molecule has 0 aromatic heterocycles. The molecule has 0 aromatic rings. The Kier molecular flexibility index (Phi) is 13.9. The molecule has 6 heavy (non-hydrogen) atoms. The molecule has 0 amide bonds.